The smallest absolute Gasteiger partial charge is 0 e. The normalized spacial score (nSPS) is 10.3. The SMILES string of the molecule is C=C(C)C(C)(C)CO.CC(C)CCN[C](=[W])NCC(C)C.P.P.[HH].[HH]. The average molecular weight is 540 g/mol. The fourth-order valence-corrected chi connectivity index (χ4v) is 1.63. The second kappa shape index (κ2) is 17.8. The van der Waals surface area contributed by atoms with Crippen molar-refractivity contribution in [3.8, 4) is 0 Å². The van der Waals surface area contributed by atoms with Gasteiger partial charge >= 0.3 is 93.2 Å². The van der Waals surface area contributed by atoms with Gasteiger partial charge in [0.05, 0.1) is 6.61 Å². The van der Waals surface area contributed by atoms with Crippen molar-refractivity contribution in [1.29, 1.82) is 0 Å². The summed E-state index contributed by atoms with van der Waals surface area (Å²) in [5, 5.41) is 15.5. The van der Waals surface area contributed by atoms with Gasteiger partial charge in [0.15, 0.2) is 0 Å². The molecule has 0 aromatic carbocycles. The number of rotatable bonds is 9. The molecular formula is C17H46N2OP2W. The van der Waals surface area contributed by atoms with Gasteiger partial charge in [-0.05, 0) is 6.92 Å². The molecule has 0 fully saturated rings. The minimum absolute atomic E-state index is 0. The average Bonchev–Trinajstić information content (AvgIpc) is 2.36. The largest absolute Gasteiger partial charge is 0.153 e. The van der Waals surface area contributed by atoms with Gasteiger partial charge in [0, 0.05) is 8.27 Å². The summed E-state index contributed by atoms with van der Waals surface area (Å²) in [6, 6.07) is 0. The molecule has 0 amide bonds. The van der Waals surface area contributed by atoms with Crippen LogP contribution in [0.1, 0.15) is 57.7 Å². The van der Waals surface area contributed by atoms with E-state index in [1.807, 2.05) is 20.8 Å². The number of hydrogen-bond acceptors (Lipinski definition) is 3. The first-order valence-electron chi connectivity index (χ1n) is 7.81. The summed E-state index contributed by atoms with van der Waals surface area (Å²) >= 11 is 1.50. The zero-order valence-corrected chi connectivity index (χ0v) is 22.2. The van der Waals surface area contributed by atoms with Crippen molar-refractivity contribution in [2.24, 2.45) is 17.3 Å². The van der Waals surface area contributed by atoms with E-state index >= 15 is 0 Å². The molecule has 3 N–H and O–H groups in total. The molecule has 0 aliphatic heterocycles. The van der Waals surface area contributed by atoms with Gasteiger partial charge in [-0.2, -0.15) is 19.8 Å². The zero-order chi connectivity index (χ0) is 17.1. The predicted octanol–water partition coefficient (Wildman–Crippen LogP) is 3.69. The van der Waals surface area contributed by atoms with Gasteiger partial charge in [0.25, 0.3) is 0 Å². The molecule has 0 aliphatic rings. The standard InChI is InChI=1S/C10H22N2.C7H14O.2H3P.W.2H2/c1-9(2)5-6-11-8-12-7-10(3)4;1-6(2)7(3,4)5-8;;;;;/h9-12H,5-7H2,1-4H3;8H,1,5H2,2-4H3;2*1H3;;2*1H. The van der Waals surface area contributed by atoms with Crippen molar-refractivity contribution in [3.05, 3.63) is 12.2 Å². The van der Waals surface area contributed by atoms with Crippen LogP contribution in [0.5, 0.6) is 0 Å². The predicted molar refractivity (Wildman–Crippen MR) is 117 cm³/mol. The van der Waals surface area contributed by atoms with Gasteiger partial charge in [-0.15, -0.1) is 0 Å². The summed E-state index contributed by atoms with van der Waals surface area (Å²) in [7, 11) is 0. The number of aliphatic hydroxyl groups excluding tert-OH is 1. The number of nitrogens with one attached hydrogen (secondary N) is 2. The molecule has 0 spiro atoms. The number of aliphatic hydroxyl groups is 1. The van der Waals surface area contributed by atoms with Gasteiger partial charge in [-0.3, -0.25) is 0 Å². The third-order valence-electron chi connectivity index (χ3n) is 3.23. The van der Waals surface area contributed by atoms with Gasteiger partial charge in [-0.1, -0.05) is 26.0 Å². The number of hydrogen-bond donors (Lipinski definition) is 3. The summed E-state index contributed by atoms with van der Waals surface area (Å²) < 4.78 is 1.29. The molecule has 0 heterocycles. The third kappa shape index (κ3) is 23.0. The van der Waals surface area contributed by atoms with Crippen molar-refractivity contribution in [2.75, 3.05) is 19.7 Å². The Balaban J connectivity index is -0.0000000671. The molecule has 0 aliphatic carbocycles. The fourth-order valence-electron chi connectivity index (χ4n) is 0.969. The Hall–Kier alpha value is 1.04. The maximum atomic E-state index is 8.70. The maximum Gasteiger partial charge on any atom is 0 e. The Kier molecular flexibility index (Phi) is 24.7. The van der Waals surface area contributed by atoms with E-state index in [9.17, 15) is 0 Å². The molecule has 0 saturated carbocycles. The Labute approximate surface area is 165 Å². The first-order valence-corrected chi connectivity index (χ1v) is 9.28. The fraction of sp³-hybridized carbons (Fsp3) is 0.824. The first-order chi connectivity index (χ1) is 9.52. The van der Waals surface area contributed by atoms with E-state index in [4.69, 9.17) is 5.11 Å². The molecule has 0 bridgehead atoms. The first kappa shape index (κ1) is 31.8. The molecule has 2 atom stereocenters. The van der Waals surface area contributed by atoms with Crippen molar-refractivity contribution < 1.29 is 27.3 Å². The Morgan fingerprint density at radius 1 is 1.13 bits per heavy atom. The van der Waals surface area contributed by atoms with E-state index in [-0.39, 0.29) is 34.7 Å². The molecule has 0 saturated heterocycles. The van der Waals surface area contributed by atoms with Crippen LogP contribution >= 0.6 is 19.8 Å². The van der Waals surface area contributed by atoms with E-state index in [2.05, 4.69) is 44.9 Å². The summed E-state index contributed by atoms with van der Waals surface area (Å²) in [5.74, 6) is 1.52. The van der Waals surface area contributed by atoms with Crippen LogP contribution in [0.2, 0.25) is 0 Å². The van der Waals surface area contributed by atoms with Crippen LogP contribution in [-0.4, -0.2) is 28.9 Å². The van der Waals surface area contributed by atoms with Gasteiger partial charge in [-0.25, -0.2) is 0 Å². The van der Waals surface area contributed by atoms with Crippen LogP contribution < -0.4 is 10.6 Å². The van der Waals surface area contributed by atoms with Gasteiger partial charge in [0.1, 0.15) is 0 Å². The van der Waals surface area contributed by atoms with E-state index < -0.39 is 0 Å². The molecule has 23 heavy (non-hydrogen) atoms. The van der Waals surface area contributed by atoms with Crippen molar-refractivity contribution in [1.82, 2.24) is 10.6 Å². The maximum absolute atomic E-state index is 8.70. The van der Waals surface area contributed by atoms with Gasteiger partial charge in [0.2, 0.25) is 0 Å². The second-order valence-corrected chi connectivity index (χ2v) is 8.50. The molecule has 0 aromatic rings. The van der Waals surface area contributed by atoms with Crippen LogP contribution in [0, 0.1) is 17.3 Å². The van der Waals surface area contributed by atoms with Crippen LogP contribution in [0.15, 0.2) is 12.2 Å². The van der Waals surface area contributed by atoms with E-state index in [0.717, 1.165) is 30.5 Å². The third-order valence-corrected chi connectivity index (χ3v) is 4.27. The minimum Gasteiger partial charge on any atom is -0.153 e. The van der Waals surface area contributed by atoms with E-state index in [1.165, 1.54) is 29.9 Å². The molecule has 2 unspecified atom stereocenters. The molecule has 0 radical (unpaired) electrons. The van der Waals surface area contributed by atoms with Crippen LogP contribution in [0.4, 0.5) is 0 Å². The molecule has 0 rings (SSSR count). The second-order valence-electron chi connectivity index (χ2n) is 7.04. The summed E-state index contributed by atoms with van der Waals surface area (Å²) in [4.78, 5) is 0. The molecule has 0 aromatic heterocycles. The summed E-state index contributed by atoms with van der Waals surface area (Å²) in [6.45, 7) is 20.9. The molecular weight excluding hydrogens is 494 g/mol. The topological polar surface area (TPSA) is 44.3 Å². The van der Waals surface area contributed by atoms with E-state index in [1.54, 1.807) is 0 Å². The Morgan fingerprint density at radius 3 is 1.87 bits per heavy atom. The quantitative estimate of drug-likeness (QED) is 0.309. The van der Waals surface area contributed by atoms with Crippen LogP contribution in [0.3, 0.4) is 0 Å². The zero-order valence-electron chi connectivity index (χ0n) is 16.5. The Bertz CT molecular complexity index is 319. The Morgan fingerprint density at radius 2 is 1.61 bits per heavy atom. The van der Waals surface area contributed by atoms with Crippen LogP contribution in [-0.2, 0) is 19.4 Å². The van der Waals surface area contributed by atoms with Crippen LogP contribution in [0.25, 0.3) is 0 Å². The van der Waals surface area contributed by atoms with Crippen molar-refractivity contribution in [2.45, 2.75) is 54.9 Å². The van der Waals surface area contributed by atoms with Crippen molar-refractivity contribution >= 4 is 23.9 Å². The monoisotopic (exact) mass is 540 g/mol. The van der Waals surface area contributed by atoms with Gasteiger partial charge < -0.3 is 5.11 Å². The van der Waals surface area contributed by atoms with E-state index in [0.29, 0.717) is 0 Å². The molecule has 6 heteroatoms. The molecule has 146 valence electrons. The summed E-state index contributed by atoms with van der Waals surface area (Å²) in [5.41, 5.74) is 0.931. The van der Waals surface area contributed by atoms with Crippen molar-refractivity contribution in [3.63, 3.8) is 0 Å². The molecule has 3 nitrogen and oxygen atoms in total. The minimum atomic E-state index is -0.0972. The summed E-state index contributed by atoms with van der Waals surface area (Å²) in [6.07, 6.45) is 1.25.